The van der Waals surface area contributed by atoms with Crippen LogP contribution in [0.1, 0.15) is 0 Å². The standard InChI is InChI=1S/C70H48N2O/c1-3-18-49(19-4-1)51-34-36-52(37-35-51)53-40-42-58(43-41-53)71(59-25-17-24-56(47-59)57-39-38-50-20-7-8-23-55(50)46-57)67-31-14-10-27-62(67)63-28-11-15-32-68(63)72(66-30-13-9-26-61(66)54-21-5-2-6-22-54)60-44-45-65-64-29-12-16-33-69(64)73-70(65)48-60/h1-48H. The van der Waals surface area contributed by atoms with E-state index in [2.05, 4.69) is 289 Å². The molecule has 13 rings (SSSR count). The second kappa shape index (κ2) is 18.9. The van der Waals surface area contributed by atoms with E-state index in [9.17, 15) is 0 Å². The summed E-state index contributed by atoms with van der Waals surface area (Å²) in [5, 5.41) is 4.64. The van der Waals surface area contributed by atoms with E-state index in [4.69, 9.17) is 4.42 Å². The normalized spacial score (nSPS) is 11.3. The van der Waals surface area contributed by atoms with E-state index in [0.717, 1.165) is 89.4 Å². The van der Waals surface area contributed by atoms with Crippen molar-refractivity contribution in [3.05, 3.63) is 291 Å². The molecule has 3 heteroatoms. The summed E-state index contributed by atoms with van der Waals surface area (Å²) in [7, 11) is 0. The fourth-order valence-electron chi connectivity index (χ4n) is 10.5. The highest BCUT2D eigenvalue weighted by atomic mass is 16.3. The highest BCUT2D eigenvalue weighted by Gasteiger charge is 2.25. The number of furan rings is 1. The lowest BCUT2D eigenvalue weighted by molar-refractivity contribution is 0.669. The van der Waals surface area contributed by atoms with Crippen molar-refractivity contribution in [1.29, 1.82) is 0 Å². The minimum atomic E-state index is 0.840. The van der Waals surface area contributed by atoms with Gasteiger partial charge in [-0.1, -0.05) is 218 Å². The molecule has 73 heavy (non-hydrogen) atoms. The molecule has 0 saturated heterocycles. The van der Waals surface area contributed by atoms with E-state index in [-0.39, 0.29) is 0 Å². The Balaban J connectivity index is 0.983. The second-order valence-electron chi connectivity index (χ2n) is 18.5. The fraction of sp³-hybridized carbons (Fsp3) is 0. The van der Waals surface area contributed by atoms with Crippen LogP contribution in [0.2, 0.25) is 0 Å². The summed E-state index contributed by atoms with van der Waals surface area (Å²) in [5.74, 6) is 0. The summed E-state index contributed by atoms with van der Waals surface area (Å²) in [6.45, 7) is 0. The number of anilines is 6. The van der Waals surface area contributed by atoms with Gasteiger partial charge in [-0.3, -0.25) is 0 Å². The first kappa shape index (κ1) is 43.3. The molecule has 0 saturated carbocycles. The first-order valence-electron chi connectivity index (χ1n) is 24.9. The summed E-state index contributed by atoms with van der Waals surface area (Å²) in [6, 6.07) is 105. The number of fused-ring (bicyclic) bond motifs is 4. The Morgan fingerprint density at radius 3 is 1.37 bits per heavy atom. The maximum atomic E-state index is 6.58. The molecule has 0 bridgehead atoms. The van der Waals surface area contributed by atoms with Gasteiger partial charge in [0.2, 0.25) is 0 Å². The summed E-state index contributed by atoms with van der Waals surface area (Å²) in [4.78, 5) is 4.82. The molecule has 1 aromatic heterocycles. The lowest BCUT2D eigenvalue weighted by Crippen LogP contribution is -2.14. The third-order valence-corrected chi connectivity index (χ3v) is 14.1. The molecule has 0 amide bonds. The van der Waals surface area contributed by atoms with Gasteiger partial charge in [0, 0.05) is 50.6 Å². The van der Waals surface area contributed by atoms with E-state index in [1.807, 2.05) is 12.1 Å². The van der Waals surface area contributed by atoms with Gasteiger partial charge in [-0.05, 0) is 116 Å². The predicted molar refractivity (Wildman–Crippen MR) is 308 cm³/mol. The molecule has 12 aromatic carbocycles. The van der Waals surface area contributed by atoms with Crippen LogP contribution in [-0.4, -0.2) is 0 Å². The molecule has 0 aliphatic rings. The van der Waals surface area contributed by atoms with Crippen molar-refractivity contribution in [1.82, 2.24) is 0 Å². The number of nitrogens with zero attached hydrogens (tertiary/aromatic N) is 2. The average Bonchev–Trinajstić information content (AvgIpc) is 3.84. The minimum absolute atomic E-state index is 0.840. The molecule has 0 radical (unpaired) electrons. The van der Waals surface area contributed by atoms with Gasteiger partial charge in [0.25, 0.3) is 0 Å². The van der Waals surface area contributed by atoms with Gasteiger partial charge in [0.15, 0.2) is 0 Å². The molecule has 3 nitrogen and oxygen atoms in total. The largest absolute Gasteiger partial charge is 0.456 e. The van der Waals surface area contributed by atoms with Crippen LogP contribution >= 0.6 is 0 Å². The topological polar surface area (TPSA) is 19.6 Å². The van der Waals surface area contributed by atoms with Crippen LogP contribution in [-0.2, 0) is 0 Å². The van der Waals surface area contributed by atoms with Crippen LogP contribution < -0.4 is 9.80 Å². The van der Waals surface area contributed by atoms with Crippen LogP contribution in [0.3, 0.4) is 0 Å². The highest BCUT2D eigenvalue weighted by Crippen LogP contribution is 2.49. The Labute approximate surface area is 425 Å². The molecule has 1 heterocycles. The van der Waals surface area contributed by atoms with Gasteiger partial charge in [0.05, 0.1) is 17.1 Å². The first-order valence-corrected chi connectivity index (χ1v) is 24.9. The SMILES string of the molecule is c1ccc(-c2ccc(-c3ccc(N(c4cccc(-c5ccc6ccccc6c5)c4)c4ccccc4-c4ccccc4N(c4ccc5c(c4)oc4ccccc45)c4ccccc4-c4ccccc4)cc3)cc2)cc1. The zero-order valence-corrected chi connectivity index (χ0v) is 40.0. The summed E-state index contributed by atoms with van der Waals surface area (Å²) >= 11 is 0. The number of para-hydroxylation sites is 4. The van der Waals surface area contributed by atoms with Crippen molar-refractivity contribution in [2.24, 2.45) is 0 Å². The van der Waals surface area contributed by atoms with Crippen molar-refractivity contribution in [3.63, 3.8) is 0 Å². The third kappa shape index (κ3) is 8.29. The molecule has 0 aliphatic carbocycles. The smallest absolute Gasteiger partial charge is 0.137 e. The van der Waals surface area contributed by atoms with E-state index >= 15 is 0 Å². The molecule has 13 aromatic rings. The van der Waals surface area contributed by atoms with Crippen LogP contribution in [0.5, 0.6) is 0 Å². The number of benzene rings is 12. The summed E-state index contributed by atoms with van der Waals surface area (Å²) in [5.41, 5.74) is 19.4. The lowest BCUT2D eigenvalue weighted by atomic mass is 9.96. The second-order valence-corrected chi connectivity index (χ2v) is 18.5. The Morgan fingerprint density at radius 1 is 0.219 bits per heavy atom. The van der Waals surface area contributed by atoms with Crippen molar-refractivity contribution >= 4 is 66.8 Å². The summed E-state index contributed by atoms with van der Waals surface area (Å²) in [6.07, 6.45) is 0. The Morgan fingerprint density at radius 2 is 0.671 bits per heavy atom. The van der Waals surface area contributed by atoms with E-state index in [1.165, 1.54) is 33.0 Å². The van der Waals surface area contributed by atoms with Gasteiger partial charge >= 0.3 is 0 Å². The predicted octanol–water partition coefficient (Wildman–Crippen LogP) is 20.0. The zero-order chi connectivity index (χ0) is 48.5. The Kier molecular flexibility index (Phi) is 11.2. The molecule has 0 spiro atoms. The zero-order valence-electron chi connectivity index (χ0n) is 40.0. The molecule has 0 aliphatic heterocycles. The maximum absolute atomic E-state index is 6.58. The molecule has 0 atom stereocenters. The number of hydrogen-bond donors (Lipinski definition) is 0. The van der Waals surface area contributed by atoms with Gasteiger partial charge in [-0.25, -0.2) is 0 Å². The third-order valence-electron chi connectivity index (χ3n) is 14.1. The molecule has 344 valence electrons. The minimum Gasteiger partial charge on any atom is -0.456 e. The first-order chi connectivity index (χ1) is 36.2. The monoisotopic (exact) mass is 932 g/mol. The van der Waals surface area contributed by atoms with Crippen molar-refractivity contribution < 1.29 is 4.42 Å². The average molecular weight is 933 g/mol. The van der Waals surface area contributed by atoms with E-state index in [0.29, 0.717) is 0 Å². The van der Waals surface area contributed by atoms with Crippen LogP contribution in [0.15, 0.2) is 296 Å². The van der Waals surface area contributed by atoms with Gasteiger partial charge < -0.3 is 14.2 Å². The Hall–Kier alpha value is -9.70. The maximum Gasteiger partial charge on any atom is 0.137 e. The van der Waals surface area contributed by atoms with E-state index in [1.54, 1.807) is 0 Å². The quantitative estimate of drug-likeness (QED) is 0.129. The van der Waals surface area contributed by atoms with Crippen LogP contribution in [0.4, 0.5) is 34.1 Å². The lowest BCUT2D eigenvalue weighted by Gasteiger charge is -2.32. The van der Waals surface area contributed by atoms with Crippen LogP contribution in [0.25, 0.3) is 88.3 Å². The number of hydrogen-bond acceptors (Lipinski definition) is 3. The molecular weight excluding hydrogens is 885 g/mol. The van der Waals surface area contributed by atoms with Crippen LogP contribution in [0, 0.1) is 0 Å². The van der Waals surface area contributed by atoms with Crippen molar-refractivity contribution in [2.75, 3.05) is 9.80 Å². The van der Waals surface area contributed by atoms with Gasteiger partial charge in [-0.2, -0.15) is 0 Å². The van der Waals surface area contributed by atoms with Crippen molar-refractivity contribution in [2.45, 2.75) is 0 Å². The molecule has 0 N–H and O–H groups in total. The fourth-order valence-corrected chi connectivity index (χ4v) is 10.5. The van der Waals surface area contributed by atoms with Crippen molar-refractivity contribution in [3.8, 4) is 55.6 Å². The highest BCUT2D eigenvalue weighted by molar-refractivity contribution is 6.07. The Bertz CT molecular complexity index is 4080. The van der Waals surface area contributed by atoms with E-state index < -0.39 is 0 Å². The molecular formula is C70H48N2O. The number of rotatable bonds is 11. The summed E-state index contributed by atoms with van der Waals surface area (Å²) < 4.78 is 6.58. The molecule has 0 fully saturated rings. The van der Waals surface area contributed by atoms with Gasteiger partial charge in [-0.15, -0.1) is 0 Å². The van der Waals surface area contributed by atoms with Gasteiger partial charge in [0.1, 0.15) is 11.2 Å². The molecule has 0 unspecified atom stereocenters.